The van der Waals surface area contributed by atoms with Crippen molar-refractivity contribution in [2.45, 2.75) is 6.42 Å². The van der Waals surface area contributed by atoms with Crippen LogP contribution in [0.1, 0.15) is 16.1 Å². The summed E-state index contributed by atoms with van der Waals surface area (Å²) in [5.74, 6) is -4.87. The molecule has 0 radical (unpaired) electrons. The molecule has 0 aliphatic carbocycles. The number of anilines is 3. The van der Waals surface area contributed by atoms with E-state index < -0.39 is 29.0 Å². The van der Waals surface area contributed by atoms with Crippen LogP contribution in [0.5, 0.6) is 0 Å². The quantitative estimate of drug-likeness (QED) is 0.712. The molecule has 0 bridgehead atoms. The molecular formula is C19H13F3N4O. The third-order valence-corrected chi connectivity index (χ3v) is 4.29. The van der Waals surface area contributed by atoms with Crippen molar-refractivity contribution >= 4 is 23.2 Å². The van der Waals surface area contributed by atoms with Gasteiger partial charge in [-0.05, 0) is 36.2 Å². The monoisotopic (exact) mass is 370 g/mol. The number of nitrogens with zero attached hydrogens (tertiary/aromatic N) is 3. The Balaban J connectivity index is 1.60. The second-order valence-corrected chi connectivity index (χ2v) is 5.95. The number of fused-ring (bicyclic) bond motifs is 1. The highest BCUT2D eigenvalue weighted by molar-refractivity contribution is 6.03. The molecule has 1 aliphatic rings. The lowest BCUT2D eigenvalue weighted by Gasteiger charge is -2.17. The smallest absolute Gasteiger partial charge is 0.274 e. The number of benzene rings is 2. The molecule has 1 aromatic heterocycles. The van der Waals surface area contributed by atoms with Crippen LogP contribution in [0.4, 0.5) is 30.5 Å². The zero-order chi connectivity index (χ0) is 19.0. The molecule has 0 spiro atoms. The first-order valence-corrected chi connectivity index (χ1v) is 8.18. The topological polar surface area (TPSA) is 58.1 Å². The maximum absolute atomic E-state index is 13.8. The molecule has 5 nitrogen and oxygen atoms in total. The molecule has 0 saturated heterocycles. The van der Waals surface area contributed by atoms with Gasteiger partial charge in [-0.3, -0.25) is 4.79 Å². The summed E-state index contributed by atoms with van der Waals surface area (Å²) in [5, 5.41) is 2.20. The number of nitrogens with one attached hydrogen (secondary N) is 1. The maximum Gasteiger partial charge on any atom is 0.274 e. The average molecular weight is 370 g/mol. The summed E-state index contributed by atoms with van der Waals surface area (Å²) in [6, 6.07) is 10.8. The molecule has 0 unspecified atom stereocenters. The van der Waals surface area contributed by atoms with Crippen LogP contribution in [-0.4, -0.2) is 22.4 Å². The van der Waals surface area contributed by atoms with Crippen LogP contribution in [-0.2, 0) is 6.42 Å². The van der Waals surface area contributed by atoms with E-state index in [9.17, 15) is 18.0 Å². The van der Waals surface area contributed by atoms with Crippen LogP contribution in [0.15, 0.2) is 48.7 Å². The van der Waals surface area contributed by atoms with E-state index in [0.717, 1.165) is 29.8 Å². The van der Waals surface area contributed by atoms with Crippen molar-refractivity contribution in [2.75, 3.05) is 16.8 Å². The van der Waals surface area contributed by atoms with Gasteiger partial charge in [0.15, 0.2) is 17.5 Å². The van der Waals surface area contributed by atoms with Crippen molar-refractivity contribution in [1.82, 2.24) is 9.97 Å². The number of aromatic nitrogens is 2. The van der Waals surface area contributed by atoms with Gasteiger partial charge in [0.05, 0.1) is 5.69 Å². The fraction of sp³-hybridized carbons (Fsp3) is 0.105. The maximum atomic E-state index is 13.8. The van der Waals surface area contributed by atoms with Crippen molar-refractivity contribution in [3.63, 3.8) is 0 Å². The highest BCUT2D eigenvalue weighted by atomic mass is 19.2. The van der Waals surface area contributed by atoms with Crippen molar-refractivity contribution in [1.29, 1.82) is 0 Å². The summed E-state index contributed by atoms with van der Waals surface area (Å²) in [4.78, 5) is 22.7. The number of para-hydroxylation sites is 1. The van der Waals surface area contributed by atoms with Crippen LogP contribution in [0.25, 0.3) is 0 Å². The summed E-state index contributed by atoms with van der Waals surface area (Å²) in [6.07, 6.45) is 2.25. The Morgan fingerprint density at radius 2 is 1.85 bits per heavy atom. The number of carbonyl (C=O) groups is 1. The predicted octanol–water partition coefficient (Wildman–Crippen LogP) is 3.84. The van der Waals surface area contributed by atoms with Gasteiger partial charge in [-0.15, -0.1) is 0 Å². The second-order valence-electron chi connectivity index (χ2n) is 5.95. The van der Waals surface area contributed by atoms with Crippen molar-refractivity contribution < 1.29 is 18.0 Å². The third kappa shape index (κ3) is 3.10. The van der Waals surface area contributed by atoms with E-state index >= 15 is 0 Å². The zero-order valence-electron chi connectivity index (χ0n) is 13.9. The Kier molecular flexibility index (Phi) is 4.23. The molecule has 1 N–H and O–H groups in total. The van der Waals surface area contributed by atoms with E-state index in [-0.39, 0.29) is 5.69 Å². The van der Waals surface area contributed by atoms with Crippen LogP contribution in [0.3, 0.4) is 0 Å². The summed E-state index contributed by atoms with van der Waals surface area (Å²) in [6.45, 7) is 0.669. The van der Waals surface area contributed by atoms with Gasteiger partial charge in [-0.2, -0.15) is 0 Å². The number of hydrogen-bond donors (Lipinski definition) is 1. The van der Waals surface area contributed by atoms with Crippen molar-refractivity contribution in [3.8, 4) is 0 Å². The third-order valence-electron chi connectivity index (χ3n) is 4.29. The van der Waals surface area contributed by atoms with Gasteiger partial charge < -0.3 is 10.2 Å². The highest BCUT2D eigenvalue weighted by Crippen LogP contribution is 2.32. The minimum Gasteiger partial charge on any atom is -0.318 e. The summed E-state index contributed by atoms with van der Waals surface area (Å²) < 4.78 is 40.1. The lowest BCUT2D eigenvalue weighted by atomic mass is 10.2. The Hall–Kier alpha value is -3.42. The second kappa shape index (κ2) is 6.71. The highest BCUT2D eigenvalue weighted by Gasteiger charge is 2.23. The Morgan fingerprint density at radius 1 is 1.04 bits per heavy atom. The summed E-state index contributed by atoms with van der Waals surface area (Å²) >= 11 is 0. The standard InChI is InChI=1S/C19H13F3N4O/c20-12-5-6-13(17(22)16(12)21)24-18(27)14-7-9-23-19(25-14)26-10-8-11-3-1-2-4-15(11)26/h1-7,9H,8,10H2,(H,24,27). The Morgan fingerprint density at radius 3 is 2.70 bits per heavy atom. The van der Waals surface area contributed by atoms with E-state index in [1.807, 2.05) is 29.2 Å². The molecule has 0 saturated carbocycles. The zero-order valence-corrected chi connectivity index (χ0v) is 13.9. The largest absolute Gasteiger partial charge is 0.318 e. The van der Waals surface area contributed by atoms with E-state index in [1.165, 1.54) is 12.3 Å². The molecule has 136 valence electrons. The first kappa shape index (κ1) is 17.0. The van der Waals surface area contributed by atoms with Gasteiger partial charge in [0, 0.05) is 18.4 Å². The lowest BCUT2D eigenvalue weighted by Crippen LogP contribution is -2.20. The SMILES string of the molecule is O=C(Nc1ccc(F)c(F)c1F)c1ccnc(N2CCc3ccccc32)n1. The van der Waals surface area contributed by atoms with E-state index in [2.05, 4.69) is 15.3 Å². The van der Waals surface area contributed by atoms with Crippen molar-refractivity contribution in [3.05, 3.63) is 77.4 Å². The minimum absolute atomic E-state index is 0.0199. The molecule has 0 fully saturated rings. The summed E-state index contributed by atoms with van der Waals surface area (Å²) in [7, 11) is 0. The lowest BCUT2D eigenvalue weighted by molar-refractivity contribution is 0.102. The molecule has 4 rings (SSSR count). The van der Waals surface area contributed by atoms with Crippen LogP contribution in [0, 0.1) is 17.5 Å². The average Bonchev–Trinajstić information content (AvgIpc) is 3.12. The molecule has 27 heavy (non-hydrogen) atoms. The first-order chi connectivity index (χ1) is 13.0. The van der Waals surface area contributed by atoms with Crippen LogP contribution < -0.4 is 10.2 Å². The van der Waals surface area contributed by atoms with Gasteiger partial charge >= 0.3 is 0 Å². The first-order valence-electron chi connectivity index (χ1n) is 8.18. The van der Waals surface area contributed by atoms with Crippen LogP contribution in [0.2, 0.25) is 0 Å². The molecular weight excluding hydrogens is 357 g/mol. The number of hydrogen-bond acceptors (Lipinski definition) is 4. The normalized spacial score (nSPS) is 12.8. The number of halogens is 3. The van der Waals surface area contributed by atoms with E-state index in [4.69, 9.17) is 0 Å². The molecule has 8 heteroatoms. The molecule has 0 atom stereocenters. The predicted molar refractivity (Wildman–Crippen MR) is 93.5 cm³/mol. The van der Waals surface area contributed by atoms with Crippen LogP contribution >= 0.6 is 0 Å². The van der Waals surface area contributed by atoms with Gasteiger partial charge in [-0.1, -0.05) is 18.2 Å². The van der Waals surface area contributed by atoms with Crippen molar-refractivity contribution in [2.24, 2.45) is 0 Å². The van der Waals surface area contributed by atoms with Gasteiger partial charge in [-0.25, -0.2) is 23.1 Å². The summed E-state index contributed by atoms with van der Waals surface area (Å²) in [5.41, 5.74) is 1.63. The van der Waals surface area contributed by atoms with E-state index in [0.29, 0.717) is 12.5 Å². The minimum atomic E-state index is -1.65. The Bertz CT molecular complexity index is 1040. The fourth-order valence-electron chi connectivity index (χ4n) is 2.96. The van der Waals surface area contributed by atoms with Gasteiger partial charge in [0.25, 0.3) is 5.91 Å². The van der Waals surface area contributed by atoms with Gasteiger partial charge in [0.1, 0.15) is 5.69 Å². The molecule has 1 amide bonds. The molecule has 3 aromatic rings. The molecule has 1 aliphatic heterocycles. The number of amides is 1. The number of rotatable bonds is 3. The van der Waals surface area contributed by atoms with Gasteiger partial charge in [0.2, 0.25) is 5.95 Å². The fourth-order valence-corrected chi connectivity index (χ4v) is 2.96. The van der Waals surface area contributed by atoms with E-state index in [1.54, 1.807) is 0 Å². The molecule has 2 heterocycles. The molecule has 2 aromatic carbocycles. The number of carbonyl (C=O) groups excluding carboxylic acids is 1. The Labute approximate surface area is 152 Å².